The first-order valence-corrected chi connectivity index (χ1v) is 9.88. The Morgan fingerprint density at radius 3 is 2.55 bits per heavy atom. The Morgan fingerprint density at radius 2 is 1.87 bits per heavy atom. The van der Waals surface area contributed by atoms with Gasteiger partial charge in [0.25, 0.3) is 11.7 Å². The quantitative estimate of drug-likeness (QED) is 0.388. The fraction of sp³-hybridized carbons (Fsp3) is 0.160. The van der Waals surface area contributed by atoms with Crippen LogP contribution in [0.15, 0.2) is 78.6 Å². The monoisotopic (exact) mass is 414 g/mol. The highest BCUT2D eigenvalue weighted by Crippen LogP contribution is 2.41. The molecular formula is C25H22N2O4. The normalized spacial score (nSPS) is 17.7. The van der Waals surface area contributed by atoms with Crippen LogP contribution in [-0.4, -0.2) is 33.8 Å². The molecule has 0 spiro atoms. The Bertz CT molecular complexity index is 1160. The van der Waals surface area contributed by atoms with Crippen molar-refractivity contribution >= 4 is 17.4 Å². The van der Waals surface area contributed by atoms with Crippen LogP contribution in [0.5, 0.6) is 5.75 Å². The van der Waals surface area contributed by atoms with Crippen molar-refractivity contribution in [2.24, 2.45) is 0 Å². The fourth-order valence-corrected chi connectivity index (χ4v) is 3.87. The van der Waals surface area contributed by atoms with Gasteiger partial charge in [-0.15, -0.1) is 0 Å². The summed E-state index contributed by atoms with van der Waals surface area (Å²) < 4.78 is 5.39. The molecule has 2 heterocycles. The largest absolute Gasteiger partial charge is 0.507 e. The molecule has 1 fully saturated rings. The molecule has 1 aromatic heterocycles. The van der Waals surface area contributed by atoms with Crippen molar-refractivity contribution in [2.45, 2.75) is 19.5 Å². The van der Waals surface area contributed by atoms with Crippen molar-refractivity contribution in [3.05, 3.63) is 101 Å². The van der Waals surface area contributed by atoms with E-state index in [1.54, 1.807) is 30.6 Å². The molecule has 2 aromatic carbocycles. The van der Waals surface area contributed by atoms with Crippen LogP contribution in [0.4, 0.5) is 0 Å². The number of rotatable bonds is 5. The number of aryl methyl sites for hydroxylation is 1. The lowest BCUT2D eigenvalue weighted by Crippen LogP contribution is -2.29. The van der Waals surface area contributed by atoms with Gasteiger partial charge in [0.05, 0.1) is 24.3 Å². The molecule has 0 saturated carbocycles. The van der Waals surface area contributed by atoms with Crippen molar-refractivity contribution in [1.29, 1.82) is 0 Å². The maximum absolute atomic E-state index is 13.1. The number of hydrogen-bond donors (Lipinski definition) is 1. The molecule has 1 amide bonds. The lowest BCUT2D eigenvalue weighted by atomic mass is 9.94. The molecule has 1 unspecified atom stereocenters. The number of aliphatic hydroxyl groups is 1. The summed E-state index contributed by atoms with van der Waals surface area (Å²) in [7, 11) is 1.50. The topological polar surface area (TPSA) is 79.7 Å². The Labute approximate surface area is 180 Å². The van der Waals surface area contributed by atoms with Crippen LogP contribution < -0.4 is 4.74 Å². The SMILES string of the molecule is COc1ccc(C)cc1/C(O)=C1\C(=O)C(=O)N(Cc2cccnc2)C1c1ccccc1. The van der Waals surface area contributed by atoms with Crippen LogP contribution in [0.1, 0.15) is 28.3 Å². The molecule has 0 aliphatic carbocycles. The molecule has 1 saturated heterocycles. The lowest BCUT2D eigenvalue weighted by Gasteiger charge is -2.25. The van der Waals surface area contributed by atoms with E-state index < -0.39 is 17.7 Å². The molecule has 0 radical (unpaired) electrons. The first-order chi connectivity index (χ1) is 15.0. The van der Waals surface area contributed by atoms with Crippen molar-refractivity contribution in [3.8, 4) is 5.75 Å². The van der Waals surface area contributed by atoms with E-state index in [-0.39, 0.29) is 17.9 Å². The minimum Gasteiger partial charge on any atom is -0.507 e. The van der Waals surface area contributed by atoms with Crippen molar-refractivity contribution < 1.29 is 19.4 Å². The zero-order valence-electron chi connectivity index (χ0n) is 17.3. The number of hydrogen-bond acceptors (Lipinski definition) is 5. The summed E-state index contributed by atoms with van der Waals surface area (Å²) >= 11 is 0. The number of aromatic nitrogens is 1. The average molecular weight is 414 g/mol. The van der Waals surface area contributed by atoms with Gasteiger partial charge in [0.1, 0.15) is 11.5 Å². The van der Waals surface area contributed by atoms with E-state index in [2.05, 4.69) is 4.98 Å². The molecule has 6 heteroatoms. The van der Waals surface area contributed by atoms with Gasteiger partial charge in [0.2, 0.25) is 0 Å². The minimum absolute atomic E-state index is 0.0454. The lowest BCUT2D eigenvalue weighted by molar-refractivity contribution is -0.140. The van der Waals surface area contributed by atoms with Gasteiger partial charge in [-0.05, 0) is 36.2 Å². The molecule has 1 atom stereocenters. The smallest absolute Gasteiger partial charge is 0.295 e. The Balaban J connectivity index is 1.90. The van der Waals surface area contributed by atoms with Crippen molar-refractivity contribution in [1.82, 2.24) is 9.88 Å². The number of ether oxygens (including phenoxy) is 1. The van der Waals surface area contributed by atoms with Crippen LogP contribution in [0.2, 0.25) is 0 Å². The Morgan fingerprint density at radius 1 is 1.10 bits per heavy atom. The number of aliphatic hydroxyl groups excluding tert-OH is 1. The van der Waals surface area contributed by atoms with E-state index in [1.165, 1.54) is 12.0 Å². The van der Waals surface area contributed by atoms with Gasteiger partial charge in [-0.1, -0.05) is 48.0 Å². The summed E-state index contributed by atoms with van der Waals surface area (Å²) in [5.41, 5.74) is 2.84. The van der Waals surface area contributed by atoms with Crippen molar-refractivity contribution in [3.63, 3.8) is 0 Å². The van der Waals surface area contributed by atoms with Crippen LogP contribution in [0.3, 0.4) is 0 Å². The predicted octanol–water partition coefficient (Wildman–Crippen LogP) is 4.02. The predicted molar refractivity (Wildman–Crippen MR) is 116 cm³/mol. The van der Waals surface area contributed by atoms with Gasteiger partial charge in [-0.3, -0.25) is 14.6 Å². The second-order valence-corrected chi connectivity index (χ2v) is 7.40. The molecule has 1 N–H and O–H groups in total. The number of carbonyl (C=O) groups excluding carboxylic acids is 2. The van der Waals surface area contributed by atoms with Crippen LogP contribution >= 0.6 is 0 Å². The average Bonchev–Trinajstić information content (AvgIpc) is 3.04. The van der Waals surface area contributed by atoms with Gasteiger partial charge in [0, 0.05) is 18.9 Å². The third-order valence-electron chi connectivity index (χ3n) is 5.34. The van der Waals surface area contributed by atoms with E-state index in [0.29, 0.717) is 11.3 Å². The number of methoxy groups -OCH3 is 1. The van der Waals surface area contributed by atoms with Crippen LogP contribution in [0, 0.1) is 6.92 Å². The Kier molecular flexibility index (Phi) is 5.54. The molecule has 1 aliphatic heterocycles. The number of amides is 1. The van der Waals surface area contributed by atoms with Gasteiger partial charge in [0.15, 0.2) is 0 Å². The molecule has 4 rings (SSSR count). The van der Waals surface area contributed by atoms with Gasteiger partial charge in [-0.25, -0.2) is 0 Å². The summed E-state index contributed by atoms with van der Waals surface area (Å²) in [6.45, 7) is 2.08. The number of carbonyl (C=O) groups is 2. The van der Waals surface area contributed by atoms with Gasteiger partial charge in [-0.2, -0.15) is 0 Å². The highest BCUT2D eigenvalue weighted by atomic mass is 16.5. The molecule has 3 aromatic rings. The summed E-state index contributed by atoms with van der Waals surface area (Å²) in [6, 6.07) is 17.4. The number of Topliss-reactive ketones (excluding diaryl/α,β-unsaturated/α-hetero) is 1. The first kappa shape index (κ1) is 20.3. The van der Waals surface area contributed by atoms with E-state index in [9.17, 15) is 14.7 Å². The third kappa shape index (κ3) is 3.80. The minimum atomic E-state index is -0.730. The maximum atomic E-state index is 13.1. The van der Waals surface area contributed by atoms with E-state index in [4.69, 9.17) is 4.74 Å². The third-order valence-corrected chi connectivity index (χ3v) is 5.34. The zero-order valence-corrected chi connectivity index (χ0v) is 17.3. The standard InChI is InChI=1S/C25H22N2O4/c1-16-10-11-20(31-2)19(13-16)23(28)21-22(18-8-4-3-5-9-18)27(25(30)24(21)29)15-17-7-6-12-26-14-17/h3-14,22,28H,15H2,1-2H3/b23-21+. The van der Waals surface area contributed by atoms with Gasteiger partial charge >= 0.3 is 0 Å². The van der Waals surface area contributed by atoms with Crippen LogP contribution in [0.25, 0.3) is 5.76 Å². The highest BCUT2D eigenvalue weighted by molar-refractivity contribution is 6.46. The number of likely N-dealkylation sites (tertiary alicyclic amines) is 1. The molecule has 0 bridgehead atoms. The fourth-order valence-electron chi connectivity index (χ4n) is 3.87. The number of pyridine rings is 1. The van der Waals surface area contributed by atoms with E-state index in [0.717, 1.165) is 16.7 Å². The second-order valence-electron chi connectivity index (χ2n) is 7.40. The number of nitrogens with zero attached hydrogens (tertiary/aromatic N) is 2. The zero-order chi connectivity index (χ0) is 22.0. The van der Waals surface area contributed by atoms with Crippen LogP contribution in [-0.2, 0) is 16.1 Å². The van der Waals surface area contributed by atoms with Crippen molar-refractivity contribution in [2.75, 3.05) is 7.11 Å². The first-order valence-electron chi connectivity index (χ1n) is 9.88. The molecular weight excluding hydrogens is 392 g/mol. The summed E-state index contributed by atoms with van der Waals surface area (Å²) in [5.74, 6) is -1.21. The highest BCUT2D eigenvalue weighted by Gasteiger charge is 2.46. The number of benzene rings is 2. The molecule has 31 heavy (non-hydrogen) atoms. The summed E-state index contributed by atoms with van der Waals surface area (Å²) in [6.07, 6.45) is 3.31. The second kappa shape index (κ2) is 8.44. The molecule has 1 aliphatic rings. The molecule has 156 valence electrons. The van der Waals surface area contributed by atoms with E-state index in [1.807, 2.05) is 49.4 Å². The van der Waals surface area contributed by atoms with Gasteiger partial charge < -0.3 is 14.7 Å². The number of ketones is 1. The summed E-state index contributed by atoms with van der Waals surface area (Å²) in [4.78, 5) is 31.7. The molecule has 6 nitrogen and oxygen atoms in total. The Hall–Kier alpha value is -3.93. The van der Waals surface area contributed by atoms with E-state index >= 15 is 0 Å². The maximum Gasteiger partial charge on any atom is 0.295 e. The summed E-state index contributed by atoms with van der Waals surface area (Å²) in [5, 5.41) is 11.2.